The third kappa shape index (κ3) is 3.39. The Labute approximate surface area is 190 Å². The first kappa shape index (κ1) is 20.1. The molecule has 2 aromatic carbocycles. The summed E-state index contributed by atoms with van der Waals surface area (Å²) >= 11 is 0. The Hall–Kier alpha value is -4.87. The monoisotopic (exact) mass is 427 g/mol. The van der Waals surface area contributed by atoms with Crippen LogP contribution in [0.4, 0.5) is 0 Å². The van der Waals surface area contributed by atoms with Crippen LogP contribution in [0.1, 0.15) is 32.9 Å². The normalized spacial score (nSPS) is 14.1. The van der Waals surface area contributed by atoms with E-state index >= 15 is 0 Å². The van der Waals surface area contributed by atoms with Crippen LogP contribution in [-0.2, 0) is 7.05 Å². The molecule has 4 aromatic rings. The second kappa shape index (κ2) is 8.00. The summed E-state index contributed by atoms with van der Waals surface area (Å²) in [5, 5.41) is 18.9. The molecule has 0 amide bonds. The molecule has 0 fully saturated rings. The van der Waals surface area contributed by atoms with Crippen LogP contribution in [0.15, 0.2) is 82.3 Å². The summed E-state index contributed by atoms with van der Waals surface area (Å²) in [5.74, 6) is 0.258. The lowest BCUT2D eigenvalue weighted by Gasteiger charge is -2.01. The molecule has 2 aromatic heterocycles. The van der Waals surface area contributed by atoms with Crippen molar-refractivity contribution in [3.05, 3.63) is 106 Å². The van der Waals surface area contributed by atoms with Gasteiger partial charge >= 0.3 is 0 Å². The van der Waals surface area contributed by atoms with Gasteiger partial charge in [-0.1, -0.05) is 60.7 Å². The van der Waals surface area contributed by atoms with Crippen molar-refractivity contribution in [3.63, 3.8) is 0 Å². The molecule has 0 radical (unpaired) electrons. The lowest BCUT2D eigenvalue weighted by molar-refractivity contribution is 0.104. The molecule has 156 valence electrons. The zero-order valence-electron chi connectivity index (χ0n) is 17.7. The quantitative estimate of drug-likeness (QED) is 0.296. The third-order valence-corrected chi connectivity index (χ3v) is 5.75. The first-order chi connectivity index (χ1) is 16.1. The van der Waals surface area contributed by atoms with E-state index in [-0.39, 0.29) is 16.9 Å². The molecular weight excluding hydrogens is 410 g/mol. The van der Waals surface area contributed by atoms with Gasteiger partial charge in [-0.2, -0.15) is 10.5 Å². The smallest absolute Gasteiger partial charge is 0.194 e. The Morgan fingerprint density at radius 3 is 2.33 bits per heavy atom. The van der Waals surface area contributed by atoms with E-state index in [1.54, 1.807) is 30.3 Å². The number of aryl methyl sites for hydroxylation is 1. The van der Waals surface area contributed by atoms with Gasteiger partial charge in [0.25, 0.3) is 0 Å². The minimum atomic E-state index is -0.226. The largest absolute Gasteiger partial charge is 0.455 e. The van der Waals surface area contributed by atoms with Crippen LogP contribution in [0.2, 0.25) is 0 Å². The van der Waals surface area contributed by atoms with E-state index in [0.29, 0.717) is 28.0 Å². The highest BCUT2D eigenvalue weighted by atomic mass is 16.3. The van der Waals surface area contributed by atoms with Crippen molar-refractivity contribution >= 4 is 40.7 Å². The minimum Gasteiger partial charge on any atom is -0.455 e. The van der Waals surface area contributed by atoms with Crippen LogP contribution in [0.5, 0.6) is 0 Å². The van der Waals surface area contributed by atoms with Crippen molar-refractivity contribution < 1.29 is 9.21 Å². The first-order valence-electron chi connectivity index (χ1n) is 10.3. The maximum absolute atomic E-state index is 13.1. The Morgan fingerprint density at radius 1 is 0.939 bits per heavy atom. The number of hydrogen-bond donors (Lipinski definition) is 0. The SMILES string of the molecule is Cn1c(/C=C/c2ccccc2)cc2oc(/C=C3\C(=O)c4ccccc4C3=C(C#N)C#N)cc21. The molecular formula is C28H17N3O2. The van der Waals surface area contributed by atoms with Crippen LogP contribution in [0, 0.1) is 22.7 Å². The van der Waals surface area contributed by atoms with Gasteiger partial charge in [0.2, 0.25) is 0 Å². The highest BCUT2D eigenvalue weighted by Gasteiger charge is 2.32. The van der Waals surface area contributed by atoms with Gasteiger partial charge in [0.15, 0.2) is 11.4 Å². The lowest BCUT2D eigenvalue weighted by Crippen LogP contribution is -1.95. The number of rotatable bonds is 3. The van der Waals surface area contributed by atoms with Crippen LogP contribution in [0.25, 0.3) is 34.9 Å². The number of fused-ring (bicyclic) bond motifs is 2. The Kier molecular flexibility index (Phi) is 4.86. The highest BCUT2D eigenvalue weighted by molar-refractivity contribution is 6.29. The molecule has 1 aliphatic carbocycles. The van der Waals surface area contributed by atoms with Crippen molar-refractivity contribution in [2.45, 2.75) is 0 Å². The number of ketones is 1. The topological polar surface area (TPSA) is 82.7 Å². The number of benzene rings is 2. The summed E-state index contributed by atoms with van der Waals surface area (Å²) in [6.07, 6.45) is 5.67. The second-order valence-corrected chi connectivity index (χ2v) is 7.68. The summed E-state index contributed by atoms with van der Waals surface area (Å²) in [6.45, 7) is 0. The van der Waals surface area contributed by atoms with E-state index in [0.717, 1.165) is 16.8 Å². The molecule has 0 atom stereocenters. The number of furan rings is 1. The number of nitriles is 2. The molecule has 0 aliphatic heterocycles. The van der Waals surface area contributed by atoms with Crippen LogP contribution in [0.3, 0.4) is 0 Å². The molecule has 1 aliphatic rings. The Bertz CT molecular complexity index is 1580. The van der Waals surface area contributed by atoms with Gasteiger partial charge in [0, 0.05) is 41.6 Å². The van der Waals surface area contributed by atoms with Crippen molar-refractivity contribution in [2.24, 2.45) is 7.05 Å². The number of allylic oxidation sites excluding steroid dienone is 3. The van der Waals surface area contributed by atoms with Gasteiger partial charge in [0.05, 0.1) is 5.52 Å². The van der Waals surface area contributed by atoms with E-state index < -0.39 is 0 Å². The summed E-state index contributed by atoms with van der Waals surface area (Å²) in [6, 6.07) is 24.7. The van der Waals surface area contributed by atoms with Crippen molar-refractivity contribution in [3.8, 4) is 12.1 Å². The zero-order chi connectivity index (χ0) is 22.9. The van der Waals surface area contributed by atoms with E-state index in [4.69, 9.17) is 4.42 Å². The molecule has 5 heteroatoms. The van der Waals surface area contributed by atoms with Crippen molar-refractivity contribution in [1.82, 2.24) is 4.57 Å². The van der Waals surface area contributed by atoms with Gasteiger partial charge in [0.1, 0.15) is 23.5 Å². The molecule has 2 heterocycles. The average Bonchev–Trinajstić information content (AvgIpc) is 3.46. The predicted octanol–water partition coefficient (Wildman–Crippen LogP) is 6.02. The highest BCUT2D eigenvalue weighted by Crippen LogP contribution is 2.40. The molecule has 33 heavy (non-hydrogen) atoms. The maximum atomic E-state index is 13.1. The standard InChI is InChI=1S/C28H17N3O2/c1-31-20(12-11-18-7-3-2-4-8-18)13-26-25(31)15-21(33-26)14-24-27(19(16-29)17-30)22-9-5-6-10-23(22)28(24)32/h2-15H,1H3/b12-11+,24-14-. The van der Waals surface area contributed by atoms with Gasteiger partial charge < -0.3 is 8.98 Å². The fraction of sp³-hybridized carbons (Fsp3) is 0.0357. The van der Waals surface area contributed by atoms with E-state index in [9.17, 15) is 15.3 Å². The van der Waals surface area contributed by atoms with Crippen molar-refractivity contribution in [2.75, 3.05) is 0 Å². The number of aromatic nitrogens is 1. The third-order valence-electron chi connectivity index (χ3n) is 5.75. The van der Waals surface area contributed by atoms with Crippen LogP contribution >= 0.6 is 0 Å². The van der Waals surface area contributed by atoms with Gasteiger partial charge in [-0.25, -0.2) is 0 Å². The first-order valence-corrected chi connectivity index (χ1v) is 10.3. The average molecular weight is 427 g/mol. The lowest BCUT2D eigenvalue weighted by atomic mass is 9.99. The molecule has 0 saturated heterocycles. The van der Waals surface area contributed by atoms with Gasteiger partial charge in [-0.15, -0.1) is 0 Å². The molecule has 0 bridgehead atoms. The number of hydrogen-bond acceptors (Lipinski definition) is 4. The summed E-state index contributed by atoms with van der Waals surface area (Å²) < 4.78 is 8.03. The van der Waals surface area contributed by atoms with Crippen molar-refractivity contribution in [1.29, 1.82) is 10.5 Å². The van der Waals surface area contributed by atoms with Crippen LogP contribution in [-0.4, -0.2) is 10.4 Å². The fourth-order valence-electron chi connectivity index (χ4n) is 4.12. The molecule has 0 unspecified atom stereocenters. The Morgan fingerprint density at radius 2 is 1.64 bits per heavy atom. The zero-order valence-corrected chi connectivity index (χ0v) is 17.7. The van der Waals surface area contributed by atoms with E-state index in [1.165, 1.54) is 0 Å². The summed E-state index contributed by atoms with van der Waals surface area (Å²) in [5.41, 5.74) is 5.27. The second-order valence-electron chi connectivity index (χ2n) is 7.68. The maximum Gasteiger partial charge on any atom is 0.194 e. The number of carbonyl (C=O) groups is 1. The molecule has 5 nitrogen and oxygen atoms in total. The number of nitrogens with zero attached hydrogens (tertiary/aromatic N) is 3. The Balaban J connectivity index is 1.56. The summed E-state index contributed by atoms with van der Waals surface area (Å²) in [4.78, 5) is 13.1. The van der Waals surface area contributed by atoms with E-state index in [1.807, 2.05) is 78.4 Å². The molecule has 5 rings (SSSR count). The van der Waals surface area contributed by atoms with Gasteiger partial charge in [-0.3, -0.25) is 4.79 Å². The predicted molar refractivity (Wildman–Crippen MR) is 127 cm³/mol. The summed E-state index contributed by atoms with van der Waals surface area (Å²) in [7, 11) is 1.95. The number of Topliss-reactive ketones (excluding diaryl/α,β-unsaturated/α-hetero) is 1. The van der Waals surface area contributed by atoms with Crippen LogP contribution < -0.4 is 0 Å². The van der Waals surface area contributed by atoms with E-state index in [2.05, 4.69) is 0 Å². The molecule has 0 spiro atoms. The minimum absolute atomic E-state index is 0.0935. The molecule has 0 N–H and O–H groups in total. The fourth-order valence-corrected chi connectivity index (χ4v) is 4.12. The van der Waals surface area contributed by atoms with Gasteiger partial charge in [-0.05, 0) is 23.3 Å². The number of carbonyl (C=O) groups excluding carboxylic acids is 1. The molecule has 0 saturated carbocycles.